The Hall–Kier alpha value is -2.00. The van der Waals surface area contributed by atoms with Crippen molar-refractivity contribution in [1.82, 2.24) is 0 Å². The van der Waals surface area contributed by atoms with Crippen molar-refractivity contribution in [3.05, 3.63) is 54.6 Å². The molecule has 0 bridgehead atoms. The number of para-hydroxylation sites is 3. The lowest BCUT2D eigenvalue weighted by molar-refractivity contribution is 0.389. The van der Waals surface area contributed by atoms with Gasteiger partial charge in [-0.15, -0.1) is 0 Å². The van der Waals surface area contributed by atoms with Crippen LogP contribution < -0.4 is 10.8 Å². The van der Waals surface area contributed by atoms with Gasteiger partial charge in [-0.3, -0.25) is 10.7 Å². The number of rotatable bonds is 3. The highest BCUT2D eigenvalue weighted by molar-refractivity contribution is 5.73. The SMILES string of the molecule is ONc1ccccc1Nc1ccccc1. The summed E-state index contributed by atoms with van der Waals surface area (Å²) in [6.45, 7) is 0. The Morgan fingerprint density at radius 3 is 2.00 bits per heavy atom. The minimum atomic E-state index is 0.654. The third-order valence-electron chi connectivity index (χ3n) is 2.10. The van der Waals surface area contributed by atoms with Crippen LogP contribution in [0.1, 0.15) is 0 Å². The lowest BCUT2D eigenvalue weighted by atomic mass is 10.2. The van der Waals surface area contributed by atoms with Gasteiger partial charge < -0.3 is 5.32 Å². The van der Waals surface area contributed by atoms with Gasteiger partial charge in [-0.1, -0.05) is 30.3 Å². The highest BCUT2D eigenvalue weighted by atomic mass is 16.5. The maximum Gasteiger partial charge on any atom is 0.0836 e. The maximum absolute atomic E-state index is 8.91. The molecule has 0 aliphatic heterocycles. The zero-order chi connectivity index (χ0) is 10.5. The fourth-order valence-corrected chi connectivity index (χ4v) is 1.37. The minimum absolute atomic E-state index is 0.654. The van der Waals surface area contributed by atoms with Crippen LogP contribution in [-0.4, -0.2) is 5.21 Å². The fraction of sp³-hybridized carbons (Fsp3) is 0. The quantitative estimate of drug-likeness (QED) is 0.666. The van der Waals surface area contributed by atoms with Gasteiger partial charge in [0.15, 0.2) is 0 Å². The van der Waals surface area contributed by atoms with Gasteiger partial charge in [0.2, 0.25) is 0 Å². The molecule has 0 aliphatic rings. The molecule has 0 aromatic heterocycles. The highest BCUT2D eigenvalue weighted by Gasteiger charge is 1.99. The molecule has 0 unspecified atom stereocenters. The largest absolute Gasteiger partial charge is 0.354 e. The zero-order valence-electron chi connectivity index (χ0n) is 8.14. The van der Waals surface area contributed by atoms with Crippen molar-refractivity contribution >= 4 is 17.1 Å². The summed E-state index contributed by atoms with van der Waals surface area (Å²) in [5.74, 6) is 0. The minimum Gasteiger partial charge on any atom is -0.354 e. The van der Waals surface area contributed by atoms with Gasteiger partial charge in [0.05, 0.1) is 11.4 Å². The summed E-state index contributed by atoms with van der Waals surface area (Å²) >= 11 is 0. The van der Waals surface area contributed by atoms with Crippen molar-refractivity contribution < 1.29 is 5.21 Å². The Bertz CT molecular complexity index is 429. The number of hydrogen-bond acceptors (Lipinski definition) is 3. The molecule has 0 amide bonds. The van der Waals surface area contributed by atoms with Gasteiger partial charge in [0.1, 0.15) is 0 Å². The lowest BCUT2D eigenvalue weighted by Gasteiger charge is -2.10. The molecule has 3 N–H and O–H groups in total. The van der Waals surface area contributed by atoms with E-state index in [0.717, 1.165) is 11.4 Å². The molecule has 0 spiro atoms. The summed E-state index contributed by atoms with van der Waals surface area (Å²) in [6, 6.07) is 17.3. The van der Waals surface area contributed by atoms with E-state index in [1.165, 1.54) is 0 Å². The summed E-state index contributed by atoms with van der Waals surface area (Å²) in [5.41, 5.74) is 4.63. The van der Waals surface area contributed by atoms with Gasteiger partial charge in [-0.05, 0) is 24.3 Å². The highest BCUT2D eigenvalue weighted by Crippen LogP contribution is 2.24. The van der Waals surface area contributed by atoms with Crippen LogP contribution in [0.3, 0.4) is 0 Å². The van der Waals surface area contributed by atoms with Crippen LogP contribution in [0.2, 0.25) is 0 Å². The molecule has 0 saturated heterocycles. The van der Waals surface area contributed by atoms with E-state index >= 15 is 0 Å². The second-order valence-electron chi connectivity index (χ2n) is 3.15. The van der Waals surface area contributed by atoms with Crippen LogP contribution >= 0.6 is 0 Å². The summed E-state index contributed by atoms with van der Waals surface area (Å²) < 4.78 is 0. The first-order valence-electron chi connectivity index (χ1n) is 4.71. The molecule has 0 radical (unpaired) electrons. The molecule has 0 aliphatic carbocycles. The van der Waals surface area contributed by atoms with E-state index in [4.69, 9.17) is 5.21 Å². The average Bonchev–Trinajstić information content (AvgIpc) is 2.31. The van der Waals surface area contributed by atoms with Crippen LogP contribution in [0.4, 0.5) is 17.1 Å². The van der Waals surface area contributed by atoms with Crippen molar-refractivity contribution in [1.29, 1.82) is 0 Å². The zero-order valence-corrected chi connectivity index (χ0v) is 8.14. The van der Waals surface area contributed by atoms with E-state index in [-0.39, 0.29) is 0 Å². The van der Waals surface area contributed by atoms with E-state index in [1.807, 2.05) is 48.5 Å². The van der Waals surface area contributed by atoms with Crippen molar-refractivity contribution in [3.8, 4) is 0 Å². The molecule has 3 nitrogen and oxygen atoms in total. The van der Waals surface area contributed by atoms with Gasteiger partial charge >= 0.3 is 0 Å². The summed E-state index contributed by atoms with van der Waals surface area (Å²) in [7, 11) is 0. The molecule has 0 heterocycles. The molecular weight excluding hydrogens is 188 g/mol. The Morgan fingerprint density at radius 2 is 1.33 bits per heavy atom. The maximum atomic E-state index is 8.91. The molecule has 0 atom stereocenters. The van der Waals surface area contributed by atoms with Gasteiger partial charge in [0.25, 0.3) is 0 Å². The van der Waals surface area contributed by atoms with E-state index < -0.39 is 0 Å². The third-order valence-corrected chi connectivity index (χ3v) is 2.10. The van der Waals surface area contributed by atoms with Gasteiger partial charge in [-0.2, -0.15) is 0 Å². The van der Waals surface area contributed by atoms with Crippen LogP contribution in [0.25, 0.3) is 0 Å². The molecule has 2 rings (SSSR count). The number of hydrogen-bond donors (Lipinski definition) is 3. The predicted octanol–water partition coefficient (Wildman–Crippen LogP) is 3.23. The normalized spacial score (nSPS) is 9.67. The van der Waals surface area contributed by atoms with E-state index in [9.17, 15) is 0 Å². The summed E-state index contributed by atoms with van der Waals surface area (Å²) in [5, 5.41) is 12.1. The monoisotopic (exact) mass is 200 g/mol. The lowest BCUT2D eigenvalue weighted by Crippen LogP contribution is -1.96. The molecule has 15 heavy (non-hydrogen) atoms. The standard InChI is InChI=1S/C12H12N2O/c15-14-12-9-5-4-8-11(12)13-10-6-2-1-3-7-10/h1-9,13-15H. The first-order valence-corrected chi connectivity index (χ1v) is 4.71. The molecule has 3 heteroatoms. The van der Waals surface area contributed by atoms with Crippen LogP contribution in [0.15, 0.2) is 54.6 Å². The van der Waals surface area contributed by atoms with E-state index in [2.05, 4.69) is 10.8 Å². The smallest absolute Gasteiger partial charge is 0.0836 e. The van der Waals surface area contributed by atoms with Crippen molar-refractivity contribution in [2.24, 2.45) is 0 Å². The predicted molar refractivity (Wildman–Crippen MR) is 61.6 cm³/mol. The van der Waals surface area contributed by atoms with Crippen LogP contribution in [0.5, 0.6) is 0 Å². The Balaban J connectivity index is 2.24. The van der Waals surface area contributed by atoms with Crippen molar-refractivity contribution in [3.63, 3.8) is 0 Å². The first kappa shape index (κ1) is 9.55. The summed E-state index contributed by atoms with van der Waals surface area (Å²) in [4.78, 5) is 0. The topological polar surface area (TPSA) is 44.3 Å². The van der Waals surface area contributed by atoms with Crippen molar-refractivity contribution in [2.75, 3.05) is 10.8 Å². The second kappa shape index (κ2) is 4.48. The van der Waals surface area contributed by atoms with Gasteiger partial charge in [0, 0.05) is 5.69 Å². The third kappa shape index (κ3) is 2.27. The second-order valence-corrected chi connectivity index (χ2v) is 3.15. The molecule has 0 saturated carbocycles. The molecule has 0 fully saturated rings. The Morgan fingerprint density at radius 1 is 0.733 bits per heavy atom. The average molecular weight is 200 g/mol. The fourth-order valence-electron chi connectivity index (χ4n) is 1.37. The van der Waals surface area contributed by atoms with Gasteiger partial charge in [-0.25, -0.2) is 0 Å². The summed E-state index contributed by atoms with van der Waals surface area (Å²) in [6.07, 6.45) is 0. The van der Waals surface area contributed by atoms with Crippen molar-refractivity contribution in [2.45, 2.75) is 0 Å². The number of benzene rings is 2. The van der Waals surface area contributed by atoms with E-state index in [1.54, 1.807) is 6.07 Å². The van der Waals surface area contributed by atoms with Crippen LogP contribution in [-0.2, 0) is 0 Å². The molecule has 2 aromatic rings. The first-order chi connectivity index (χ1) is 7.40. The number of nitrogens with one attached hydrogen (secondary N) is 2. The Labute approximate surface area is 88.3 Å². The van der Waals surface area contributed by atoms with Crippen LogP contribution in [0, 0.1) is 0 Å². The van der Waals surface area contributed by atoms with E-state index in [0.29, 0.717) is 5.69 Å². The molecule has 76 valence electrons. The molecule has 2 aromatic carbocycles. The molecular formula is C12H12N2O. The Kier molecular flexibility index (Phi) is 2.85. The number of anilines is 3.